The zero-order chi connectivity index (χ0) is 16.4. The van der Waals surface area contributed by atoms with Crippen molar-refractivity contribution < 1.29 is 0 Å². The van der Waals surface area contributed by atoms with Crippen LogP contribution in [0.2, 0.25) is 0 Å². The predicted molar refractivity (Wildman–Crippen MR) is 98.0 cm³/mol. The number of fused-ring (bicyclic) bond motifs is 2. The van der Waals surface area contributed by atoms with Gasteiger partial charge in [-0.05, 0) is 19.2 Å². The SMILES string of the molecule is CN1CCNCc2ccc3ccc4ccc(nc4c3n2)CNCC1. The largest absolute Gasteiger partial charge is 0.310 e. The fraction of sp³-hybridized carbons (Fsp3) is 0.368. The van der Waals surface area contributed by atoms with Gasteiger partial charge in [-0.25, -0.2) is 9.97 Å². The third-order valence-electron chi connectivity index (χ3n) is 4.59. The van der Waals surface area contributed by atoms with Gasteiger partial charge in [0, 0.05) is 50.0 Å². The van der Waals surface area contributed by atoms with Crippen molar-refractivity contribution in [1.29, 1.82) is 0 Å². The van der Waals surface area contributed by atoms with Crippen LogP contribution >= 0.6 is 0 Å². The molecule has 5 nitrogen and oxygen atoms in total. The van der Waals surface area contributed by atoms with Gasteiger partial charge < -0.3 is 15.5 Å². The summed E-state index contributed by atoms with van der Waals surface area (Å²) in [5.74, 6) is 0. The first-order chi connectivity index (χ1) is 11.8. The van der Waals surface area contributed by atoms with Crippen molar-refractivity contribution in [2.24, 2.45) is 0 Å². The first-order valence-corrected chi connectivity index (χ1v) is 8.58. The molecule has 0 fully saturated rings. The predicted octanol–water partition coefficient (Wildman–Crippen LogP) is 1.91. The van der Waals surface area contributed by atoms with Crippen molar-refractivity contribution in [2.45, 2.75) is 13.1 Å². The van der Waals surface area contributed by atoms with E-state index in [-0.39, 0.29) is 0 Å². The second-order valence-corrected chi connectivity index (χ2v) is 6.47. The second-order valence-electron chi connectivity index (χ2n) is 6.47. The van der Waals surface area contributed by atoms with Crippen molar-refractivity contribution in [1.82, 2.24) is 25.5 Å². The van der Waals surface area contributed by atoms with Crippen molar-refractivity contribution in [2.75, 3.05) is 33.2 Å². The normalized spacial score (nSPS) is 17.5. The lowest BCUT2D eigenvalue weighted by molar-refractivity contribution is 0.328. The van der Waals surface area contributed by atoms with Crippen molar-refractivity contribution in [3.05, 3.63) is 47.8 Å². The number of aromatic nitrogens is 2. The minimum absolute atomic E-state index is 0.790. The van der Waals surface area contributed by atoms with Crippen LogP contribution in [0.25, 0.3) is 21.8 Å². The number of pyridine rings is 2. The molecule has 2 N–H and O–H groups in total. The molecule has 3 aromatic rings. The third-order valence-corrected chi connectivity index (χ3v) is 4.59. The Morgan fingerprint density at radius 2 is 1.21 bits per heavy atom. The molecule has 0 unspecified atom stereocenters. The van der Waals surface area contributed by atoms with Crippen molar-refractivity contribution in [3.8, 4) is 0 Å². The van der Waals surface area contributed by atoms with Crippen LogP contribution in [0.4, 0.5) is 0 Å². The van der Waals surface area contributed by atoms with Crippen LogP contribution in [0.5, 0.6) is 0 Å². The summed E-state index contributed by atoms with van der Waals surface area (Å²) in [5, 5.41) is 9.27. The molecular formula is C19H23N5. The maximum atomic E-state index is 4.88. The van der Waals surface area contributed by atoms with Crippen LogP contribution < -0.4 is 10.6 Å². The van der Waals surface area contributed by atoms with E-state index in [1.54, 1.807) is 0 Å². The molecule has 124 valence electrons. The summed E-state index contributed by atoms with van der Waals surface area (Å²) in [6, 6.07) is 12.8. The van der Waals surface area contributed by atoms with E-state index in [0.29, 0.717) is 0 Å². The Hall–Kier alpha value is -2.08. The highest BCUT2D eigenvalue weighted by Gasteiger charge is 2.07. The van der Waals surface area contributed by atoms with Crippen molar-refractivity contribution >= 4 is 21.8 Å². The maximum Gasteiger partial charge on any atom is 0.0968 e. The van der Waals surface area contributed by atoms with Gasteiger partial charge in [0.05, 0.1) is 22.4 Å². The summed E-state index contributed by atoms with van der Waals surface area (Å²) < 4.78 is 0. The van der Waals surface area contributed by atoms with Crippen LogP contribution in [-0.2, 0) is 13.1 Å². The molecule has 4 rings (SSSR count). The molecule has 2 aromatic heterocycles. The Kier molecular flexibility index (Phi) is 4.38. The molecule has 0 spiro atoms. The number of nitrogens with one attached hydrogen (secondary N) is 2. The maximum absolute atomic E-state index is 4.88. The van der Waals surface area contributed by atoms with E-state index in [4.69, 9.17) is 9.97 Å². The lowest BCUT2D eigenvalue weighted by Crippen LogP contribution is -2.34. The van der Waals surface area contributed by atoms with Gasteiger partial charge in [-0.2, -0.15) is 0 Å². The number of nitrogens with zero attached hydrogens (tertiary/aromatic N) is 3. The Labute approximate surface area is 142 Å². The van der Waals surface area contributed by atoms with E-state index in [2.05, 4.69) is 59.0 Å². The van der Waals surface area contributed by atoms with Gasteiger partial charge in [-0.15, -0.1) is 0 Å². The average molecular weight is 321 g/mol. The Morgan fingerprint density at radius 3 is 1.71 bits per heavy atom. The van der Waals surface area contributed by atoms with E-state index < -0.39 is 0 Å². The summed E-state index contributed by atoms with van der Waals surface area (Å²) >= 11 is 0. The molecule has 3 heterocycles. The number of hydrogen-bond acceptors (Lipinski definition) is 5. The fourth-order valence-corrected chi connectivity index (χ4v) is 3.13. The highest BCUT2D eigenvalue weighted by atomic mass is 15.1. The van der Waals surface area contributed by atoms with Crippen LogP contribution in [0.15, 0.2) is 36.4 Å². The van der Waals surface area contributed by atoms with Crippen LogP contribution in [-0.4, -0.2) is 48.1 Å². The molecule has 0 saturated carbocycles. The summed E-state index contributed by atoms with van der Waals surface area (Å²) in [6.07, 6.45) is 0. The molecule has 0 amide bonds. The molecule has 0 atom stereocenters. The lowest BCUT2D eigenvalue weighted by atomic mass is 10.1. The van der Waals surface area contributed by atoms with Crippen LogP contribution in [0.1, 0.15) is 11.4 Å². The number of likely N-dealkylation sites (N-methyl/N-ethyl adjacent to an activating group) is 1. The molecular weight excluding hydrogens is 298 g/mol. The Balaban J connectivity index is 1.78. The summed E-state index contributed by atoms with van der Waals surface area (Å²) in [6.45, 7) is 5.58. The van der Waals surface area contributed by atoms with E-state index in [1.165, 1.54) is 0 Å². The number of hydrogen-bond donors (Lipinski definition) is 2. The zero-order valence-corrected chi connectivity index (χ0v) is 14.0. The van der Waals surface area contributed by atoms with E-state index in [0.717, 1.165) is 72.5 Å². The van der Waals surface area contributed by atoms with Gasteiger partial charge in [-0.1, -0.05) is 24.3 Å². The van der Waals surface area contributed by atoms with E-state index in [9.17, 15) is 0 Å². The van der Waals surface area contributed by atoms with Crippen LogP contribution in [0.3, 0.4) is 0 Å². The molecule has 24 heavy (non-hydrogen) atoms. The molecule has 0 saturated heterocycles. The highest BCUT2D eigenvalue weighted by molar-refractivity contribution is 6.02. The molecule has 5 heteroatoms. The summed E-state index contributed by atoms with van der Waals surface area (Å²) in [7, 11) is 2.16. The average Bonchev–Trinajstić information content (AvgIpc) is 2.62. The smallest absolute Gasteiger partial charge is 0.0968 e. The third kappa shape index (κ3) is 3.24. The van der Waals surface area contributed by atoms with Gasteiger partial charge in [0.15, 0.2) is 0 Å². The Morgan fingerprint density at radius 1 is 0.750 bits per heavy atom. The molecule has 4 bridgehead atoms. The van der Waals surface area contributed by atoms with Crippen LogP contribution in [0, 0.1) is 0 Å². The van der Waals surface area contributed by atoms with Gasteiger partial charge in [0.25, 0.3) is 0 Å². The molecule has 1 aromatic carbocycles. The minimum Gasteiger partial charge on any atom is -0.310 e. The minimum atomic E-state index is 0.790. The molecule has 1 aliphatic rings. The quantitative estimate of drug-likeness (QED) is 0.620. The first-order valence-electron chi connectivity index (χ1n) is 8.58. The van der Waals surface area contributed by atoms with Crippen molar-refractivity contribution in [3.63, 3.8) is 0 Å². The van der Waals surface area contributed by atoms with E-state index in [1.807, 2.05) is 0 Å². The molecule has 1 aliphatic heterocycles. The summed E-state index contributed by atoms with van der Waals surface area (Å²) in [4.78, 5) is 12.1. The monoisotopic (exact) mass is 321 g/mol. The lowest BCUT2D eigenvalue weighted by Gasteiger charge is -2.17. The molecule has 0 aliphatic carbocycles. The zero-order valence-electron chi connectivity index (χ0n) is 14.0. The second kappa shape index (κ2) is 6.81. The fourth-order valence-electron chi connectivity index (χ4n) is 3.13. The summed E-state index contributed by atoms with van der Waals surface area (Å²) in [5.41, 5.74) is 4.14. The van der Waals surface area contributed by atoms with E-state index >= 15 is 0 Å². The molecule has 0 radical (unpaired) electrons. The topological polar surface area (TPSA) is 53.1 Å². The highest BCUT2D eigenvalue weighted by Crippen LogP contribution is 2.23. The van der Waals surface area contributed by atoms with Gasteiger partial charge in [0.1, 0.15) is 0 Å². The number of benzene rings is 1. The van der Waals surface area contributed by atoms with Gasteiger partial charge >= 0.3 is 0 Å². The van der Waals surface area contributed by atoms with Gasteiger partial charge in [0.2, 0.25) is 0 Å². The number of rotatable bonds is 0. The Bertz CT molecular complexity index is 790. The van der Waals surface area contributed by atoms with Gasteiger partial charge in [-0.3, -0.25) is 0 Å². The standard InChI is InChI=1S/C19H23N5/c1-24-10-8-20-12-16-6-4-14-2-3-15-5-7-17(13-21-9-11-24)23-19(15)18(14)22-16/h2-7,20-21H,8-13H2,1H3. The first kappa shape index (κ1) is 15.4.